The summed E-state index contributed by atoms with van der Waals surface area (Å²) in [5, 5.41) is 3.40. The fourth-order valence-corrected chi connectivity index (χ4v) is 4.18. The minimum absolute atomic E-state index is 0. The average molecular weight is 484 g/mol. The third-order valence-corrected chi connectivity index (χ3v) is 5.72. The first-order chi connectivity index (χ1) is 12.7. The summed E-state index contributed by atoms with van der Waals surface area (Å²) in [6.07, 6.45) is 5.21. The molecule has 6 heteroatoms. The van der Waals surface area contributed by atoms with Crippen molar-refractivity contribution in [3.05, 3.63) is 35.9 Å². The summed E-state index contributed by atoms with van der Waals surface area (Å²) in [5.74, 6) is 1.75. The van der Waals surface area contributed by atoms with Gasteiger partial charge in [0.2, 0.25) is 5.91 Å². The second kappa shape index (κ2) is 10.9. The maximum Gasteiger partial charge on any atom is 0.224 e. The first-order valence-electron chi connectivity index (χ1n) is 9.99. The normalized spacial score (nSPS) is 23.1. The number of hydrogen-bond acceptors (Lipinski definition) is 2. The maximum atomic E-state index is 12.5. The van der Waals surface area contributed by atoms with Gasteiger partial charge < -0.3 is 15.1 Å². The topological polar surface area (TPSA) is 47.9 Å². The van der Waals surface area contributed by atoms with Crippen molar-refractivity contribution in [3.8, 4) is 0 Å². The lowest BCUT2D eigenvalue weighted by atomic mass is 9.99. The van der Waals surface area contributed by atoms with E-state index in [0.29, 0.717) is 24.9 Å². The summed E-state index contributed by atoms with van der Waals surface area (Å²) in [6, 6.07) is 11.1. The highest BCUT2D eigenvalue weighted by atomic mass is 127. The van der Waals surface area contributed by atoms with E-state index in [0.717, 1.165) is 44.9 Å². The number of nitrogens with zero attached hydrogens (tertiary/aromatic N) is 3. The van der Waals surface area contributed by atoms with Crippen LogP contribution in [0.4, 0.5) is 0 Å². The fourth-order valence-electron chi connectivity index (χ4n) is 4.18. The Morgan fingerprint density at radius 3 is 2.67 bits per heavy atom. The molecule has 1 amide bonds. The van der Waals surface area contributed by atoms with Gasteiger partial charge >= 0.3 is 0 Å². The number of likely N-dealkylation sites (tertiary alicyclic amines) is 2. The third-order valence-electron chi connectivity index (χ3n) is 5.72. The van der Waals surface area contributed by atoms with Gasteiger partial charge in [-0.3, -0.25) is 9.79 Å². The molecule has 0 aromatic heterocycles. The van der Waals surface area contributed by atoms with Crippen molar-refractivity contribution in [1.29, 1.82) is 0 Å². The van der Waals surface area contributed by atoms with Crippen LogP contribution < -0.4 is 5.32 Å². The quantitative estimate of drug-likeness (QED) is 0.405. The van der Waals surface area contributed by atoms with Crippen LogP contribution in [-0.2, 0) is 4.79 Å². The molecule has 2 aliphatic heterocycles. The summed E-state index contributed by atoms with van der Waals surface area (Å²) in [5.41, 5.74) is 1.40. The SMILES string of the molecule is CN=C(NCCC(=O)N1CCCCC1C)N1CCC(c2ccccc2)C1.I. The smallest absolute Gasteiger partial charge is 0.224 e. The minimum Gasteiger partial charge on any atom is -0.356 e. The molecule has 3 rings (SSSR count). The second-order valence-electron chi connectivity index (χ2n) is 7.50. The van der Waals surface area contributed by atoms with Crippen LogP contribution in [0, 0.1) is 0 Å². The van der Waals surface area contributed by atoms with Gasteiger partial charge in [0, 0.05) is 51.6 Å². The molecular formula is C21H33IN4O. The highest BCUT2D eigenvalue weighted by Crippen LogP contribution is 2.26. The van der Waals surface area contributed by atoms with Crippen molar-refractivity contribution in [2.45, 2.75) is 51.0 Å². The van der Waals surface area contributed by atoms with Crippen molar-refractivity contribution in [2.75, 3.05) is 33.2 Å². The second-order valence-corrected chi connectivity index (χ2v) is 7.50. The first-order valence-corrected chi connectivity index (χ1v) is 9.99. The van der Waals surface area contributed by atoms with E-state index >= 15 is 0 Å². The summed E-state index contributed by atoms with van der Waals surface area (Å²) >= 11 is 0. The van der Waals surface area contributed by atoms with Crippen molar-refractivity contribution in [2.24, 2.45) is 4.99 Å². The number of carbonyl (C=O) groups excluding carboxylic acids is 1. The minimum atomic E-state index is 0. The molecule has 5 nitrogen and oxygen atoms in total. The molecule has 150 valence electrons. The van der Waals surface area contributed by atoms with Gasteiger partial charge in [0.1, 0.15) is 0 Å². The molecule has 2 atom stereocenters. The van der Waals surface area contributed by atoms with Crippen LogP contribution in [0.2, 0.25) is 0 Å². The monoisotopic (exact) mass is 484 g/mol. The van der Waals surface area contributed by atoms with Crippen molar-refractivity contribution < 1.29 is 4.79 Å². The van der Waals surface area contributed by atoms with Crippen LogP contribution in [0.5, 0.6) is 0 Å². The average Bonchev–Trinajstić information content (AvgIpc) is 3.16. The lowest BCUT2D eigenvalue weighted by Crippen LogP contribution is -2.45. The third kappa shape index (κ3) is 5.83. The van der Waals surface area contributed by atoms with Crippen LogP contribution in [0.15, 0.2) is 35.3 Å². The van der Waals surface area contributed by atoms with E-state index in [-0.39, 0.29) is 29.9 Å². The first kappa shape index (κ1) is 22.0. The lowest BCUT2D eigenvalue weighted by molar-refractivity contribution is -0.134. The molecule has 1 N–H and O–H groups in total. The Balaban J connectivity index is 0.00000261. The predicted molar refractivity (Wildman–Crippen MR) is 122 cm³/mol. The lowest BCUT2D eigenvalue weighted by Gasteiger charge is -2.33. The molecule has 0 radical (unpaired) electrons. The molecule has 0 saturated carbocycles. The van der Waals surface area contributed by atoms with E-state index in [2.05, 4.69) is 57.4 Å². The number of carbonyl (C=O) groups is 1. The molecule has 2 fully saturated rings. The van der Waals surface area contributed by atoms with Gasteiger partial charge in [-0.15, -0.1) is 24.0 Å². The van der Waals surface area contributed by atoms with Gasteiger partial charge in [-0.05, 0) is 38.2 Å². The molecule has 1 aromatic rings. The van der Waals surface area contributed by atoms with Crippen LogP contribution in [0.1, 0.15) is 50.5 Å². The number of piperidine rings is 1. The van der Waals surface area contributed by atoms with Gasteiger partial charge in [0.15, 0.2) is 5.96 Å². The largest absolute Gasteiger partial charge is 0.356 e. The number of amides is 1. The molecule has 2 unspecified atom stereocenters. The molecule has 27 heavy (non-hydrogen) atoms. The molecule has 2 aliphatic rings. The summed E-state index contributed by atoms with van der Waals surface area (Å²) in [7, 11) is 1.83. The van der Waals surface area contributed by atoms with E-state index in [1.165, 1.54) is 12.0 Å². The van der Waals surface area contributed by atoms with Crippen LogP contribution >= 0.6 is 24.0 Å². The van der Waals surface area contributed by atoms with Gasteiger partial charge in [0.25, 0.3) is 0 Å². The fraction of sp³-hybridized carbons (Fsp3) is 0.619. The molecule has 0 bridgehead atoms. The number of hydrogen-bond donors (Lipinski definition) is 1. The number of aliphatic imine (C=N–C) groups is 1. The zero-order valence-corrected chi connectivity index (χ0v) is 18.9. The molecular weight excluding hydrogens is 451 g/mol. The number of benzene rings is 1. The van der Waals surface area contributed by atoms with Crippen molar-refractivity contribution in [3.63, 3.8) is 0 Å². The number of halogens is 1. The standard InChI is InChI=1S/C21H32N4O.HI/c1-17-8-6-7-14-25(17)20(26)11-13-23-21(22-2)24-15-12-19(16-24)18-9-4-3-5-10-18;/h3-5,9-10,17,19H,6-8,11-16H2,1-2H3,(H,22,23);1H. The Bertz CT molecular complexity index is 622. The van der Waals surface area contributed by atoms with Gasteiger partial charge in [0.05, 0.1) is 0 Å². The van der Waals surface area contributed by atoms with E-state index in [9.17, 15) is 4.79 Å². The summed E-state index contributed by atoms with van der Waals surface area (Å²) in [4.78, 5) is 21.3. The van der Waals surface area contributed by atoms with Crippen LogP contribution in [-0.4, -0.2) is 60.9 Å². The van der Waals surface area contributed by atoms with Crippen molar-refractivity contribution >= 4 is 35.8 Å². The predicted octanol–water partition coefficient (Wildman–Crippen LogP) is 3.46. The zero-order valence-electron chi connectivity index (χ0n) is 16.6. The van der Waals surface area contributed by atoms with Gasteiger partial charge in [-0.1, -0.05) is 30.3 Å². The Kier molecular flexibility index (Phi) is 8.86. The van der Waals surface area contributed by atoms with E-state index in [1.807, 2.05) is 7.05 Å². The number of nitrogens with one attached hydrogen (secondary N) is 1. The van der Waals surface area contributed by atoms with Crippen molar-refractivity contribution in [1.82, 2.24) is 15.1 Å². The summed E-state index contributed by atoms with van der Waals surface area (Å²) in [6.45, 7) is 5.73. The molecule has 0 spiro atoms. The Hall–Kier alpha value is -1.31. The Morgan fingerprint density at radius 2 is 1.96 bits per heavy atom. The highest BCUT2D eigenvalue weighted by molar-refractivity contribution is 14.0. The highest BCUT2D eigenvalue weighted by Gasteiger charge is 2.26. The van der Waals surface area contributed by atoms with Gasteiger partial charge in [-0.25, -0.2) is 0 Å². The van der Waals surface area contributed by atoms with E-state index in [1.54, 1.807) is 0 Å². The number of guanidine groups is 1. The zero-order chi connectivity index (χ0) is 18.4. The van der Waals surface area contributed by atoms with Crippen LogP contribution in [0.25, 0.3) is 0 Å². The Morgan fingerprint density at radius 1 is 1.19 bits per heavy atom. The molecule has 1 aromatic carbocycles. The van der Waals surface area contributed by atoms with Gasteiger partial charge in [-0.2, -0.15) is 0 Å². The maximum absolute atomic E-state index is 12.5. The molecule has 2 saturated heterocycles. The Labute approximate surface area is 180 Å². The molecule has 0 aliphatic carbocycles. The van der Waals surface area contributed by atoms with E-state index in [4.69, 9.17) is 0 Å². The molecule has 2 heterocycles. The number of rotatable bonds is 4. The summed E-state index contributed by atoms with van der Waals surface area (Å²) < 4.78 is 0. The van der Waals surface area contributed by atoms with Crippen LogP contribution in [0.3, 0.4) is 0 Å². The van der Waals surface area contributed by atoms with E-state index < -0.39 is 0 Å².